The highest BCUT2D eigenvalue weighted by molar-refractivity contribution is 6.67. The van der Waals surface area contributed by atoms with E-state index in [1.54, 1.807) is 0 Å². The molecule has 0 amide bonds. The molecule has 0 atom stereocenters. The molecule has 8 heavy (non-hydrogen) atoms. The maximum atomic E-state index is 2.44. The molecule has 0 fully saturated rings. The van der Waals surface area contributed by atoms with Crippen LogP contribution in [-0.2, 0) is 0 Å². The highest BCUT2D eigenvalue weighted by atomic mass is 28.3. The Bertz CT molecular complexity index is 64.6. The second-order valence-corrected chi connectivity index (χ2v) is 8.62. The second kappa shape index (κ2) is 4.09. The lowest BCUT2D eigenvalue weighted by Gasteiger charge is -1.92. The summed E-state index contributed by atoms with van der Waals surface area (Å²) < 4.78 is 0. The third-order valence-electron chi connectivity index (χ3n) is 0.881. The van der Waals surface area contributed by atoms with Gasteiger partial charge in [-0.2, -0.15) is 0 Å². The predicted molar refractivity (Wildman–Crippen MR) is 46.9 cm³/mol. The first-order valence-electron chi connectivity index (χ1n) is 3.31. The minimum Gasteiger partial charge on any atom is -0.106 e. The van der Waals surface area contributed by atoms with Crippen LogP contribution in [0.5, 0.6) is 0 Å². The zero-order valence-corrected chi connectivity index (χ0v) is 8.62. The first-order chi connectivity index (χ1) is 3.63. The van der Waals surface area contributed by atoms with Crippen molar-refractivity contribution in [3.8, 4) is 0 Å². The quantitative estimate of drug-likeness (QED) is 0.516. The van der Waals surface area contributed by atoms with Gasteiger partial charge in [0, 0.05) is 0 Å². The lowest BCUT2D eigenvalue weighted by Crippen LogP contribution is -1.99. The maximum Gasteiger partial charge on any atom is 0.0544 e. The second-order valence-electron chi connectivity index (χ2n) is 2.87. The molecule has 0 rings (SSSR count). The smallest absolute Gasteiger partial charge is 0.0544 e. The molecule has 48 valence electrons. The van der Waals surface area contributed by atoms with Gasteiger partial charge in [-0.05, 0) is 0 Å². The molecule has 0 saturated carbocycles. The summed E-state index contributed by atoms with van der Waals surface area (Å²) in [5.41, 5.74) is 4.88. The van der Waals surface area contributed by atoms with Crippen molar-refractivity contribution in [2.75, 3.05) is 0 Å². The largest absolute Gasteiger partial charge is 0.106 e. The highest BCUT2D eigenvalue weighted by Crippen LogP contribution is 1.86. The van der Waals surface area contributed by atoms with Gasteiger partial charge in [-0.15, -0.1) is 11.4 Å². The summed E-state index contributed by atoms with van der Waals surface area (Å²) in [7, 11) is -0.745. The Morgan fingerprint density at radius 1 is 0.750 bits per heavy atom. The lowest BCUT2D eigenvalue weighted by molar-refractivity contribution is 1.94. The first kappa shape index (κ1) is 8.17. The monoisotopic (exact) mass is 144 g/mol. The summed E-state index contributed by atoms with van der Waals surface area (Å²) >= 11 is 0. The molecule has 0 heterocycles. The minimum atomic E-state index is -0.372. The lowest BCUT2D eigenvalue weighted by atomic mass is 11.2. The third-order valence-corrected chi connectivity index (χ3v) is 3.31. The Balaban J connectivity index is 3.34. The fourth-order valence-corrected chi connectivity index (χ4v) is 4.00. The predicted octanol–water partition coefficient (Wildman–Crippen LogP) is 1.59. The van der Waals surface area contributed by atoms with Crippen LogP contribution >= 0.6 is 0 Å². The van der Waals surface area contributed by atoms with E-state index >= 15 is 0 Å². The van der Waals surface area contributed by atoms with Gasteiger partial charge in [0.25, 0.3) is 0 Å². The Kier molecular flexibility index (Phi) is 4.18. The van der Waals surface area contributed by atoms with E-state index in [0.29, 0.717) is 0 Å². The maximum absolute atomic E-state index is 2.44. The van der Waals surface area contributed by atoms with E-state index in [9.17, 15) is 0 Å². The molecule has 0 unspecified atom stereocenters. The van der Waals surface area contributed by atoms with E-state index in [4.69, 9.17) is 0 Å². The van der Waals surface area contributed by atoms with Gasteiger partial charge in [-0.1, -0.05) is 26.2 Å². The van der Waals surface area contributed by atoms with Crippen LogP contribution in [0.1, 0.15) is 0 Å². The van der Waals surface area contributed by atoms with Crippen molar-refractivity contribution in [1.29, 1.82) is 0 Å². The van der Waals surface area contributed by atoms with E-state index in [1.165, 1.54) is 0 Å². The van der Waals surface area contributed by atoms with Crippen LogP contribution in [-0.4, -0.2) is 17.6 Å². The van der Waals surface area contributed by atoms with Crippen LogP contribution in [0.2, 0.25) is 26.2 Å². The van der Waals surface area contributed by atoms with Gasteiger partial charge in [-0.3, -0.25) is 0 Å². The number of hydrogen-bond donors (Lipinski definition) is 0. The molecule has 0 radical (unpaired) electrons. The molecule has 0 aromatic rings. The fourth-order valence-electron chi connectivity index (χ4n) is 0.444. The summed E-state index contributed by atoms with van der Waals surface area (Å²) in [6, 6.07) is 0. The van der Waals surface area contributed by atoms with Crippen LogP contribution < -0.4 is 0 Å². The third kappa shape index (κ3) is 6.17. The molecule has 0 bridgehead atoms. The number of hydrogen-bond acceptors (Lipinski definition) is 0. The van der Waals surface area contributed by atoms with Crippen molar-refractivity contribution >= 4 is 17.6 Å². The van der Waals surface area contributed by atoms with Crippen LogP contribution in [0.3, 0.4) is 0 Å². The fraction of sp³-hybridized carbons (Fsp3) is 0.667. The molecule has 0 aromatic carbocycles. The standard InChI is InChI=1S/C6H16Si2/c1-7(2)5-6-8(3)4/h5-8H,1-4H3/b6-5+. The molecule has 0 nitrogen and oxygen atoms in total. The topological polar surface area (TPSA) is 0 Å². The van der Waals surface area contributed by atoms with Crippen molar-refractivity contribution in [3.63, 3.8) is 0 Å². The van der Waals surface area contributed by atoms with Crippen molar-refractivity contribution in [3.05, 3.63) is 11.4 Å². The Morgan fingerprint density at radius 3 is 1.12 bits per heavy atom. The molecular formula is C6H16Si2. The zero-order chi connectivity index (χ0) is 6.57. The summed E-state index contributed by atoms with van der Waals surface area (Å²) in [5, 5.41) is 0. The van der Waals surface area contributed by atoms with Gasteiger partial charge in [0.2, 0.25) is 0 Å². The molecule has 0 aromatic heterocycles. The van der Waals surface area contributed by atoms with Gasteiger partial charge in [0.1, 0.15) is 0 Å². The average molecular weight is 144 g/mol. The van der Waals surface area contributed by atoms with Crippen molar-refractivity contribution in [1.82, 2.24) is 0 Å². The van der Waals surface area contributed by atoms with Crippen molar-refractivity contribution in [2.24, 2.45) is 0 Å². The molecule has 0 spiro atoms. The van der Waals surface area contributed by atoms with Crippen molar-refractivity contribution in [2.45, 2.75) is 26.2 Å². The molecule has 0 saturated heterocycles. The number of rotatable bonds is 2. The van der Waals surface area contributed by atoms with Gasteiger partial charge in [0.15, 0.2) is 0 Å². The Morgan fingerprint density at radius 2 is 1.00 bits per heavy atom. The van der Waals surface area contributed by atoms with Crippen LogP contribution in [0, 0.1) is 0 Å². The summed E-state index contributed by atoms with van der Waals surface area (Å²) in [5.74, 6) is 0. The van der Waals surface area contributed by atoms with E-state index in [1.807, 2.05) is 0 Å². The molecule has 2 heteroatoms. The first-order valence-corrected chi connectivity index (χ1v) is 9.26. The summed E-state index contributed by atoms with van der Waals surface area (Å²) in [6.45, 7) is 9.42. The Hall–Kier alpha value is 0.174. The SMILES string of the molecule is C[SiH](C)/C=C/[SiH](C)C. The van der Waals surface area contributed by atoms with E-state index in [2.05, 4.69) is 37.6 Å². The van der Waals surface area contributed by atoms with Crippen molar-refractivity contribution < 1.29 is 0 Å². The average Bonchev–Trinajstić information content (AvgIpc) is 1.61. The molecule has 0 aliphatic carbocycles. The van der Waals surface area contributed by atoms with Gasteiger partial charge in [0.05, 0.1) is 17.6 Å². The molecule has 0 aliphatic heterocycles. The van der Waals surface area contributed by atoms with Crippen LogP contribution in [0.15, 0.2) is 11.4 Å². The van der Waals surface area contributed by atoms with E-state index in [-0.39, 0.29) is 17.6 Å². The van der Waals surface area contributed by atoms with Gasteiger partial charge < -0.3 is 0 Å². The zero-order valence-electron chi connectivity index (χ0n) is 6.31. The molecule has 0 N–H and O–H groups in total. The highest BCUT2D eigenvalue weighted by Gasteiger charge is 1.88. The Labute approximate surface area is 55.8 Å². The minimum absolute atomic E-state index is 0.372. The van der Waals surface area contributed by atoms with E-state index < -0.39 is 0 Å². The summed E-state index contributed by atoms with van der Waals surface area (Å²) in [6.07, 6.45) is 0. The molecule has 0 aliphatic rings. The van der Waals surface area contributed by atoms with Gasteiger partial charge in [-0.25, -0.2) is 0 Å². The molecular weight excluding hydrogens is 128 g/mol. The van der Waals surface area contributed by atoms with E-state index in [0.717, 1.165) is 0 Å². The van der Waals surface area contributed by atoms with Crippen LogP contribution in [0.4, 0.5) is 0 Å². The van der Waals surface area contributed by atoms with Crippen LogP contribution in [0.25, 0.3) is 0 Å². The summed E-state index contributed by atoms with van der Waals surface area (Å²) in [4.78, 5) is 0. The van der Waals surface area contributed by atoms with Gasteiger partial charge >= 0.3 is 0 Å². The normalized spacial score (nSPS) is 12.2.